The van der Waals surface area contributed by atoms with E-state index in [0.29, 0.717) is 0 Å². The summed E-state index contributed by atoms with van der Waals surface area (Å²) in [5, 5.41) is 13.1. The van der Waals surface area contributed by atoms with Gasteiger partial charge in [0.15, 0.2) is 16.1 Å². The fraction of sp³-hybridized carbons (Fsp3) is 0.151. The van der Waals surface area contributed by atoms with E-state index >= 15 is 0 Å². The zero-order chi connectivity index (χ0) is 77.1. The standard InChI is InChI=1S/C106H96BN3Si2/c1-103(2,3)77-53-46-73(47-54-77)74-50-59-81(60-51-74)108-99-72-91(112(87-39-25-16-26-40-87,88-41-27-17-28-42-88)89-43-29-18-30-44-89)61-63-95(99)107-94-62-52-76(75-48-55-78(56-49-75)104(4,5)6)66-98(94)109(82-32-31-45-90(69-82)111(84-33-19-13-20-34-84,85-35-21-14-22-36-85)86-37-23-15-24-38-86)101-71-83(70-100(108)102(101)107)110-96-64-57-79(105(7,8)9)67-92(96)93-68-80(106(10,11)12)58-65-97(93)110/h13-72H,1-12H3. The minimum atomic E-state index is -3.15. The van der Waals surface area contributed by atoms with E-state index in [4.69, 9.17) is 0 Å². The molecule has 16 aromatic rings. The molecule has 0 bridgehead atoms. The average Bonchev–Trinajstić information content (AvgIpc) is 0.862. The topological polar surface area (TPSA) is 11.4 Å². The Kier molecular flexibility index (Phi) is 17.7. The molecule has 3 nitrogen and oxygen atoms in total. The number of aromatic nitrogens is 1. The molecule has 15 aromatic carbocycles. The average molecular weight is 1480 g/mol. The predicted octanol–water partition coefficient (Wildman–Crippen LogP) is 20.1. The second kappa shape index (κ2) is 27.6. The van der Waals surface area contributed by atoms with Gasteiger partial charge >= 0.3 is 0 Å². The van der Waals surface area contributed by atoms with Crippen molar-refractivity contribution in [3.8, 4) is 27.9 Å². The number of hydrogen-bond acceptors (Lipinski definition) is 2. The van der Waals surface area contributed by atoms with Crippen LogP contribution in [-0.4, -0.2) is 27.4 Å². The summed E-state index contributed by atoms with van der Waals surface area (Å²) < 4.78 is 2.61. The molecule has 0 saturated heterocycles. The first kappa shape index (κ1) is 71.8. The smallest absolute Gasteiger partial charge is 0.252 e. The van der Waals surface area contributed by atoms with Crippen LogP contribution in [0, 0.1) is 0 Å². The van der Waals surface area contributed by atoms with Crippen molar-refractivity contribution >= 4 is 137 Å². The van der Waals surface area contributed by atoms with E-state index < -0.39 is 16.1 Å². The van der Waals surface area contributed by atoms with Crippen molar-refractivity contribution in [1.82, 2.24) is 4.57 Å². The van der Waals surface area contributed by atoms with E-state index in [-0.39, 0.29) is 28.4 Å². The molecular weight excluding hydrogens is 1380 g/mol. The Morgan fingerprint density at radius 2 is 0.545 bits per heavy atom. The Hall–Kier alpha value is -11.8. The lowest BCUT2D eigenvalue weighted by molar-refractivity contribution is 0.590. The lowest BCUT2D eigenvalue weighted by Crippen LogP contribution is -2.75. The summed E-state index contributed by atoms with van der Waals surface area (Å²) in [5.74, 6) is 0. The van der Waals surface area contributed by atoms with Crippen LogP contribution < -0.4 is 67.7 Å². The summed E-state index contributed by atoms with van der Waals surface area (Å²) in [7, 11) is -6.26. The summed E-state index contributed by atoms with van der Waals surface area (Å²) >= 11 is 0. The van der Waals surface area contributed by atoms with Crippen LogP contribution in [0.15, 0.2) is 364 Å². The van der Waals surface area contributed by atoms with Gasteiger partial charge in [0.1, 0.15) is 0 Å². The molecule has 2 aliphatic heterocycles. The highest BCUT2D eigenvalue weighted by Crippen LogP contribution is 2.48. The van der Waals surface area contributed by atoms with E-state index in [0.717, 1.165) is 34.1 Å². The molecule has 0 atom stereocenters. The summed E-state index contributed by atoms with van der Waals surface area (Å²) in [5.41, 5.74) is 23.8. The number of anilines is 6. The van der Waals surface area contributed by atoms with Crippen LogP contribution in [0.5, 0.6) is 0 Å². The normalized spacial score (nSPS) is 13.1. The van der Waals surface area contributed by atoms with E-state index in [1.807, 2.05) is 0 Å². The molecule has 18 rings (SSSR count). The van der Waals surface area contributed by atoms with Gasteiger partial charge in [-0.2, -0.15) is 0 Å². The minimum Gasteiger partial charge on any atom is -0.311 e. The predicted molar refractivity (Wildman–Crippen MR) is 488 cm³/mol. The summed E-state index contributed by atoms with van der Waals surface area (Å²) in [6.07, 6.45) is 0. The second-order valence-electron chi connectivity index (χ2n) is 35.3. The van der Waals surface area contributed by atoms with Gasteiger partial charge in [-0.1, -0.05) is 374 Å². The maximum atomic E-state index is 2.69. The molecule has 3 heterocycles. The largest absolute Gasteiger partial charge is 0.311 e. The van der Waals surface area contributed by atoms with Gasteiger partial charge in [0.05, 0.1) is 16.7 Å². The molecule has 2 aliphatic rings. The van der Waals surface area contributed by atoms with Gasteiger partial charge in [0, 0.05) is 44.9 Å². The van der Waals surface area contributed by atoms with Crippen LogP contribution in [0.25, 0.3) is 49.7 Å². The molecule has 546 valence electrons. The van der Waals surface area contributed by atoms with Crippen LogP contribution in [0.4, 0.5) is 34.1 Å². The maximum Gasteiger partial charge on any atom is 0.252 e. The minimum absolute atomic E-state index is 0.0127. The van der Waals surface area contributed by atoms with Crippen molar-refractivity contribution in [1.29, 1.82) is 0 Å². The number of nitrogens with zero attached hydrogens (tertiary/aromatic N) is 3. The third-order valence-electron chi connectivity index (χ3n) is 24.3. The van der Waals surface area contributed by atoms with Crippen molar-refractivity contribution < 1.29 is 0 Å². The Labute approximate surface area is 665 Å². The molecule has 112 heavy (non-hydrogen) atoms. The van der Waals surface area contributed by atoms with Crippen LogP contribution in [0.3, 0.4) is 0 Å². The van der Waals surface area contributed by atoms with Crippen molar-refractivity contribution in [2.45, 2.75) is 105 Å². The van der Waals surface area contributed by atoms with Gasteiger partial charge in [0.2, 0.25) is 0 Å². The lowest BCUT2D eigenvalue weighted by atomic mass is 9.33. The van der Waals surface area contributed by atoms with Crippen molar-refractivity contribution in [2.75, 3.05) is 9.80 Å². The maximum absolute atomic E-state index is 3.15. The van der Waals surface area contributed by atoms with Gasteiger partial charge in [-0.05, 0) is 197 Å². The van der Waals surface area contributed by atoms with E-state index in [2.05, 4.69) is 461 Å². The molecule has 0 fully saturated rings. The van der Waals surface area contributed by atoms with Crippen LogP contribution >= 0.6 is 0 Å². The van der Waals surface area contributed by atoms with Crippen LogP contribution in [-0.2, 0) is 21.7 Å². The zero-order valence-corrected chi connectivity index (χ0v) is 68.6. The van der Waals surface area contributed by atoms with Gasteiger partial charge in [0.25, 0.3) is 6.71 Å². The molecule has 1 aromatic heterocycles. The van der Waals surface area contributed by atoms with Crippen molar-refractivity contribution in [3.63, 3.8) is 0 Å². The molecule has 6 heteroatoms. The van der Waals surface area contributed by atoms with Gasteiger partial charge < -0.3 is 14.4 Å². The molecule has 0 N–H and O–H groups in total. The fourth-order valence-corrected chi connectivity index (χ4v) is 28.0. The number of rotatable bonds is 13. The van der Waals surface area contributed by atoms with Crippen LogP contribution in [0.1, 0.15) is 105 Å². The highest BCUT2D eigenvalue weighted by molar-refractivity contribution is 7.20. The summed E-state index contributed by atoms with van der Waals surface area (Å²) in [4.78, 5) is 5.37. The Morgan fingerprint density at radius 1 is 0.223 bits per heavy atom. The highest BCUT2D eigenvalue weighted by atomic mass is 28.3. The van der Waals surface area contributed by atoms with Gasteiger partial charge in [-0.3, -0.25) is 0 Å². The molecular formula is C106H96BN3Si2. The first-order valence-corrected chi connectivity index (χ1v) is 44.0. The van der Waals surface area contributed by atoms with E-state index in [1.165, 1.54) is 130 Å². The zero-order valence-electron chi connectivity index (χ0n) is 66.6. The third-order valence-corrected chi connectivity index (χ3v) is 33.9. The second-order valence-corrected chi connectivity index (χ2v) is 42.9. The summed E-state index contributed by atoms with van der Waals surface area (Å²) in [6, 6.07) is 141. The molecule has 0 radical (unpaired) electrons. The SMILES string of the molecule is CC(C)(C)c1ccc(-c2ccc(N3c4cc([Si](c5ccccc5)(c5ccccc5)c5ccccc5)ccc4B4c5ccc(-c6ccc(C(C)(C)C)cc6)cc5N(c5cccc([Si](c6ccccc6)(c6ccccc6)c6ccccc6)c5)c5cc(-n6c7ccc(C(C)(C)C)cc7c7cc(C(C)(C)C)ccc76)cc3c54)cc2)cc1. The molecule has 0 unspecified atom stereocenters. The van der Waals surface area contributed by atoms with E-state index in [9.17, 15) is 0 Å². The molecule has 0 aliphatic carbocycles. The summed E-state index contributed by atoms with van der Waals surface area (Å²) in [6.45, 7) is 27.7. The van der Waals surface area contributed by atoms with Gasteiger partial charge in [-0.25, -0.2) is 0 Å². The number of benzene rings is 15. The third kappa shape index (κ3) is 12.2. The molecule has 0 saturated carbocycles. The first-order chi connectivity index (χ1) is 54.1. The molecule has 0 amide bonds. The van der Waals surface area contributed by atoms with Gasteiger partial charge in [-0.15, -0.1) is 0 Å². The monoisotopic (exact) mass is 1480 g/mol. The highest BCUT2D eigenvalue weighted by Gasteiger charge is 2.48. The molecule has 0 spiro atoms. The fourth-order valence-electron chi connectivity index (χ4n) is 18.4. The van der Waals surface area contributed by atoms with E-state index in [1.54, 1.807) is 0 Å². The Morgan fingerprint density at radius 3 is 0.938 bits per heavy atom. The Bertz CT molecular complexity index is 5930. The van der Waals surface area contributed by atoms with Crippen molar-refractivity contribution in [2.24, 2.45) is 0 Å². The quantitative estimate of drug-likeness (QED) is 0.0842. The first-order valence-electron chi connectivity index (χ1n) is 40.0. The lowest BCUT2D eigenvalue weighted by Gasteiger charge is -2.45. The number of hydrogen-bond donors (Lipinski definition) is 0. The van der Waals surface area contributed by atoms with Crippen LogP contribution in [0.2, 0.25) is 0 Å². The Balaban J connectivity index is 0.991. The number of fused-ring (bicyclic) bond motifs is 7. The van der Waals surface area contributed by atoms with Crippen molar-refractivity contribution in [3.05, 3.63) is 386 Å².